The monoisotopic (exact) mass is 438 g/mol. The molecule has 0 bridgehead atoms. The molecular formula is C23H26N4O3S. The Morgan fingerprint density at radius 2 is 1.74 bits per heavy atom. The van der Waals surface area contributed by atoms with Gasteiger partial charge in [-0.05, 0) is 70.0 Å². The Hall–Kier alpha value is -3.26. The van der Waals surface area contributed by atoms with Crippen LogP contribution in [0, 0.1) is 13.8 Å². The van der Waals surface area contributed by atoms with Gasteiger partial charge in [0, 0.05) is 34.6 Å². The number of nitrogens with one attached hydrogen (secondary N) is 2. The molecule has 0 radical (unpaired) electrons. The van der Waals surface area contributed by atoms with E-state index in [2.05, 4.69) is 20.6 Å². The Morgan fingerprint density at radius 3 is 2.35 bits per heavy atom. The maximum atomic E-state index is 12.3. The van der Waals surface area contributed by atoms with E-state index in [1.807, 2.05) is 52.1 Å². The maximum Gasteiger partial charge on any atom is 0.325 e. The summed E-state index contributed by atoms with van der Waals surface area (Å²) in [5, 5.41) is 8.40. The lowest BCUT2D eigenvalue weighted by Gasteiger charge is -2.20. The van der Waals surface area contributed by atoms with E-state index in [0.717, 1.165) is 28.1 Å². The molecule has 0 atom stereocenters. The standard InChI is InChI=1S/C23H26N4O3S/c1-14-10-17(25-12-19(28)30-23(3,4)5)11-15(2)20(14)18-13-31-22(26-18)27-21(29)16-6-8-24-9-7-16/h6-11,13,25H,12H2,1-5H3,(H,26,27,29). The summed E-state index contributed by atoms with van der Waals surface area (Å²) in [6.07, 6.45) is 3.15. The van der Waals surface area contributed by atoms with Crippen molar-refractivity contribution in [2.24, 2.45) is 0 Å². The summed E-state index contributed by atoms with van der Waals surface area (Å²) in [5.41, 5.74) is 4.69. The van der Waals surface area contributed by atoms with Gasteiger partial charge in [-0.3, -0.25) is 19.9 Å². The van der Waals surface area contributed by atoms with E-state index in [-0.39, 0.29) is 18.4 Å². The van der Waals surface area contributed by atoms with E-state index in [9.17, 15) is 9.59 Å². The average molecular weight is 439 g/mol. The third-order valence-electron chi connectivity index (χ3n) is 4.31. The zero-order valence-electron chi connectivity index (χ0n) is 18.3. The van der Waals surface area contributed by atoms with Crippen LogP contribution in [0.25, 0.3) is 11.3 Å². The smallest absolute Gasteiger partial charge is 0.325 e. The van der Waals surface area contributed by atoms with Crippen molar-refractivity contribution in [1.82, 2.24) is 9.97 Å². The van der Waals surface area contributed by atoms with Gasteiger partial charge in [0.05, 0.1) is 5.69 Å². The van der Waals surface area contributed by atoms with E-state index in [4.69, 9.17) is 4.74 Å². The molecule has 3 rings (SSSR count). The van der Waals surface area contributed by atoms with Gasteiger partial charge in [-0.25, -0.2) is 4.98 Å². The number of carbonyl (C=O) groups excluding carboxylic acids is 2. The van der Waals surface area contributed by atoms with E-state index >= 15 is 0 Å². The molecule has 0 aliphatic carbocycles. The van der Waals surface area contributed by atoms with Crippen LogP contribution in [-0.2, 0) is 9.53 Å². The fraction of sp³-hybridized carbons (Fsp3) is 0.304. The Kier molecular flexibility index (Phi) is 6.70. The number of esters is 1. The van der Waals surface area contributed by atoms with Gasteiger partial charge in [0.25, 0.3) is 5.91 Å². The van der Waals surface area contributed by atoms with Crippen LogP contribution >= 0.6 is 11.3 Å². The van der Waals surface area contributed by atoms with Crippen molar-refractivity contribution in [3.05, 3.63) is 58.7 Å². The van der Waals surface area contributed by atoms with Crippen molar-refractivity contribution in [2.75, 3.05) is 17.2 Å². The molecule has 3 aromatic rings. The molecule has 0 aliphatic rings. The van der Waals surface area contributed by atoms with E-state index in [1.165, 1.54) is 11.3 Å². The highest BCUT2D eigenvalue weighted by molar-refractivity contribution is 7.14. The first-order valence-corrected chi connectivity index (χ1v) is 10.7. The van der Waals surface area contributed by atoms with Gasteiger partial charge in [-0.2, -0.15) is 0 Å². The largest absolute Gasteiger partial charge is 0.459 e. The minimum Gasteiger partial charge on any atom is -0.459 e. The summed E-state index contributed by atoms with van der Waals surface area (Å²) < 4.78 is 5.33. The van der Waals surface area contributed by atoms with Gasteiger partial charge >= 0.3 is 5.97 Å². The van der Waals surface area contributed by atoms with Crippen molar-refractivity contribution < 1.29 is 14.3 Å². The van der Waals surface area contributed by atoms with Gasteiger partial charge in [0.15, 0.2) is 5.13 Å². The highest BCUT2D eigenvalue weighted by Crippen LogP contribution is 2.32. The topological polar surface area (TPSA) is 93.2 Å². The molecule has 0 spiro atoms. The molecule has 8 heteroatoms. The zero-order valence-corrected chi connectivity index (χ0v) is 19.1. The molecule has 0 fully saturated rings. The summed E-state index contributed by atoms with van der Waals surface area (Å²) >= 11 is 1.37. The second kappa shape index (κ2) is 9.26. The SMILES string of the molecule is Cc1cc(NCC(=O)OC(C)(C)C)cc(C)c1-c1csc(NC(=O)c2ccncc2)n1. The number of anilines is 2. The van der Waals surface area contributed by atoms with Crippen molar-refractivity contribution in [3.63, 3.8) is 0 Å². The second-order valence-electron chi connectivity index (χ2n) is 8.15. The van der Waals surface area contributed by atoms with Crippen LogP contribution in [0.2, 0.25) is 0 Å². The summed E-state index contributed by atoms with van der Waals surface area (Å²) in [7, 11) is 0. The molecule has 2 heterocycles. The third kappa shape index (κ3) is 6.11. The number of rotatable bonds is 6. The van der Waals surface area contributed by atoms with Crippen LogP contribution in [0.5, 0.6) is 0 Å². The molecule has 0 saturated carbocycles. The molecule has 2 N–H and O–H groups in total. The highest BCUT2D eigenvalue weighted by Gasteiger charge is 2.17. The lowest BCUT2D eigenvalue weighted by molar-refractivity contribution is -0.152. The molecule has 1 aromatic carbocycles. The van der Waals surface area contributed by atoms with Crippen molar-refractivity contribution in [3.8, 4) is 11.3 Å². The first-order valence-electron chi connectivity index (χ1n) is 9.86. The number of ether oxygens (including phenoxy) is 1. The predicted octanol–water partition coefficient (Wildman–Crippen LogP) is 4.83. The Labute approximate surface area is 185 Å². The fourth-order valence-electron chi connectivity index (χ4n) is 3.14. The number of aryl methyl sites for hydroxylation is 2. The highest BCUT2D eigenvalue weighted by atomic mass is 32.1. The number of thiazole rings is 1. The number of carbonyl (C=O) groups is 2. The van der Waals surface area contributed by atoms with Crippen LogP contribution in [0.3, 0.4) is 0 Å². The van der Waals surface area contributed by atoms with Gasteiger partial charge < -0.3 is 10.1 Å². The second-order valence-corrected chi connectivity index (χ2v) is 9.01. The Balaban J connectivity index is 1.71. The molecule has 162 valence electrons. The average Bonchev–Trinajstić information content (AvgIpc) is 3.13. The first kappa shape index (κ1) is 22.4. The van der Waals surface area contributed by atoms with Gasteiger partial charge in [-0.15, -0.1) is 11.3 Å². The van der Waals surface area contributed by atoms with Crippen LogP contribution < -0.4 is 10.6 Å². The van der Waals surface area contributed by atoms with Crippen molar-refractivity contribution >= 4 is 34.0 Å². The number of hydrogen-bond acceptors (Lipinski definition) is 7. The number of benzene rings is 1. The molecule has 31 heavy (non-hydrogen) atoms. The predicted molar refractivity (Wildman–Crippen MR) is 124 cm³/mol. The normalized spacial score (nSPS) is 11.1. The van der Waals surface area contributed by atoms with Crippen LogP contribution in [0.15, 0.2) is 42.0 Å². The third-order valence-corrected chi connectivity index (χ3v) is 5.07. The Bertz CT molecular complexity index is 1060. The lowest BCUT2D eigenvalue weighted by Crippen LogP contribution is -2.28. The number of amides is 1. The molecule has 2 aromatic heterocycles. The number of nitrogens with zero attached hydrogens (tertiary/aromatic N) is 2. The van der Waals surface area contributed by atoms with Gasteiger partial charge in [0.2, 0.25) is 0 Å². The van der Waals surface area contributed by atoms with E-state index in [0.29, 0.717) is 10.7 Å². The number of aromatic nitrogens is 2. The van der Waals surface area contributed by atoms with E-state index in [1.54, 1.807) is 24.5 Å². The van der Waals surface area contributed by atoms with Crippen LogP contribution in [0.1, 0.15) is 42.3 Å². The zero-order chi connectivity index (χ0) is 22.6. The fourth-order valence-corrected chi connectivity index (χ4v) is 3.84. The van der Waals surface area contributed by atoms with E-state index < -0.39 is 5.60 Å². The first-order chi connectivity index (χ1) is 14.6. The van der Waals surface area contributed by atoms with Crippen LogP contribution in [0.4, 0.5) is 10.8 Å². The minimum atomic E-state index is -0.510. The van der Waals surface area contributed by atoms with Gasteiger partial charge in [0.1, 0.15) is 12.1 Å². The summed E-state index contributed by atoms with van der Waals surface area (Å²) in [5.74, 6) is -0.528. The molecule has 0 saturated heterocycles. The molecular weight excluding hydrogens is 412 g/mol. The maximum absolute atomic E-state index is 12.3. The van der Waals surface area contributed by atoms with Crippen LogP contribution in [-0.4, -0.2) is 34.0 Å². The Morgan fingerprint density at radius 1 is 1.10 bits per heavy atom. The lowest BCUT2D eigenvalue weighted by atomic mass is 9.99. The number of pyridine rings is 1. The molecule has 0 aliphatic heterocycles. The molecule has 1 amide bonds. The quantitative estimate of drug-likeness (QED) is 0.536. The summed E-state index contributed by atoms with van der Waals surface area (Å²) in [6.45, 7) is 9.61. The molecule has 7 nitrogen and oxygen atoms in total. The number of hydrogen-bond donors (Lipinski definition) is 2. The molecule has 0 unspecified atom stereocenters. The minimum absolute atomic E-state index is 0.0946. The van der Waals surface area contributed by atoms with Crippen molar-refractivity contribution in [2.45, 2.75) is 40.2 Å². The van der Waals surface area contributed by atoms with Gasteiger partial charge in [-0.1, -0.05) is 0 Å². The summed E-state index contributed by atoms with van der Waals surface area (Å²) in [6, 6.07) is 7.25. The summed E-state index contributed by atoms with van der Waals surface area (Å²) in [4.78, 5) is 32.8. The van der Waals surface area contributed by atoms with Crippen molar-refractivity contribution in [1.29, 1.82) is 0 Å².